The Kier molecular flexibility index (Phi) is 3.10. The first-order chi connectivity index (χ1) is 6.43. The van der Waals surface area contributed by atoms with Crippen molar-refractivity contribution in [3.05, 3.63) is 21.8 Å². The van der Waals surface area contributed by atoms with E-state index in [0.29, 0.717) is 16.0 Å². The summed E-state index contributed by atoms with van der Waals surface area (Å²) in [5.74, 6) is 0.197. The number of halogens is 1. The zero-order valence-electron chi connectivity index (χ0n) is 8.34. The molecule has 0 unspecified atom stereocenters. The SMILES string of the molecule is Cc1cc(Br)c(N)nc1C(=O)N(C)C. The van der Waals surface area contributed by atoms with Gasteiger partial charge in [-0.3, -0.25) is 4.79 Å². The van der Waals surface area contributed by atoms with Crippen molar-refractivity contribution >= 4 is 27.7 Å². The van der Waals surface area contributed by atoms with Crippen LogP contribution in [0.15, 0.2) is 10.5 Å². The van der Waals surface area contributed by atoms with Gasteiger partial charge in [-0.2, -0.15) is 0 Å². The number of hydrogen-bond acceptors (Lipinski definition) is 3. The Morgan fingerprint density at radius 1 is 1.57 bits per heavy atom. The average Bonchev–Trinajstić information content (AvgIpc) is 2.10. The highest BCUT2D eigenvalue weighted by atomic mass is 79.9. The summed E-state index contributed by atoms with van der Waals surface area (Å²) in [5.41, 5.74) is 6.81. The van der Waals surface area contributed by atoms with Gasteiger partial charge in [0, 0.05) is 14.1 Å². The van der Waals surface area contributed by atoms with Crippen LogP contribution in [-0.4, -0.2) is 29.9 Å². The van der Waals surface area contributed by atoms with Crippen LogP contribution in [0.1, 0.15) is 16.1 Å². The first kappa shape index (κ1) is 11.0. The molecule has 1 aromatic rings. The molecule has 0 radical (unpaired) electrons. The first-order valence-corrected chi connectivity index (χ1v) is 4.87. The van der Waals surface area contributed by atoms with Crippen LogP contribution in [0.4, 0.5) is 5.82 Å². The topological polar surface area (TPSA) is 59.2 Å². The molecule has 0 aromatic carbocycles. The highest BCUT2D eigenvalue weighted by Crippen LogP contribution is 2.20. The second-order valence-electron chi connectivity index (χ2n) is 3.22. The van der Waals surface area contributed by atoms with Crippen molar-refractivity contribution in [2.24, 2.45) is 0 Å². The summed E-state index contributed by atoms with van der Waals surface area (Å²) < 4.78 is 0.713. The minimum atomic E-state index is -0.137. The number of carbonyl (C=O) groups is 1. The number of carbonyl (C=O) groups excluding carboxylic acids is 1. The third kappa shape index (κ3) is 2.04. The molecular formula is C9H12BrN3O. The quantitative estimate of drug-likeness (QED) is 0.829. The predicted octanol–water partition coefficient (Wildman–Crippen LogP) is 1.44. The van der Waals surface area contributed by atoms with E-state index in [0.717, 1.165) is 5.56 Å². The largest absolute Gasteiger partial charge is 0.383 e. The van der Waals surface area contributed by atoms with Gasteiger partial charge in [0.2, 0.25) is 0 Å². The fraction of sp³-hybridized carbons (Fsp3) is 0.333. The first-order valence-electron chi connectivity index (χ1n) is 4.07. The lowest BCUT2D eigenvalue weighted by Crippen LogP contribution is -2.24. The number of hydrogen-bond donors (Lipinski definition) is 1. The zero-order chi connectivity index (χ0) is 10.9. The van der Waals surface area contributed by atoms with Crippen LogP contribution in [0, 0.1) is 6.92 Å². The van der Waals surface area contributed by atoms with Gasteiger partial charge in [-0.1, -0.05) is 0 Å². The molecule has 1 heterocycles. The Labute approximate surface area is 91.2 Å². The Balaban J connectivity index is 3.22. The van der Waals surface area contributed by atoms with Crippen LogP contribution in [0.5, 0.6) is 0 Å². The van der Waals surface area contributed by atoms with E-state index < -0.39 is 0 Å². The maximum Gasteiger partial charge on any atom is 0.272 e. The lowest BCUT2D eigenvalue weighted by molar-refractivity contribution is 0.0821. The summed E-state index contributed by atoms with van der Waals surface area (Å²) in [4.78, 5) is 17.1. The molecule has 0 saturated heterocycles. The summed E-state index contributed by atoms with van der Waals surface area (Å²) in [5, 5.41) is 0. The number of anilines is 1. The number of rotatable bonds is 1. The number of nitrogens with two attached hydrogens (primary N) is 1. The van der Waals surface area contributed by atoms with E-state index in [1.807, 2.05) is 6.92 Å². The minimum Gasteiger partial charge on any atom is -0.383 e. The second kappa shape index (κ2) is 3.96. The van der Waals surface area contributed by atoms with Crippen molar-refractivity contribution in [2.45, 2.75) is 6.92 Å². The normalized spacial score (nSPS) is 10.0. The Hall–Kier alpha value is -1.10. The van der Waals surface area contributed by atoms with Crippen molar-refractivity contribution in [1.82, 2.24) is 9.88 Å². The molecule has 1 rings (SSSR count). The maximum atomic E-state index is 11.6. The molecule has 0 saturated carbocycles. The lowest BCUT2D eigenvalue weighted by atomic mass is 10.2. The fourth-order valence-corrected chi connectivity index (χ4v) is 1.45. The van der Waals surface area contributed by atoms with Crippen LogP contribution in [0.2, 0.25) is 0 Å². The van der Waals surface area contributed by atoms with Gasteiger partial charge in [0.15, 0.2) is 0 Å². The summed E-state index contributed by atoms with van der Waals surface area (Å²) in [6, 6.07) is 1.79. The predicted molar refractivity (Wildman–Crippen MR) is 59.1 cm³/mol. The Morgan fingerprint density at radius 2 is 2.14 bits per heavy atom. The molecule has 1 aromatic heterocycles. The van der Waals surface area contributed by atoms with Gasteiger partial charge in [0.05, 0.1) is 4.47 Å². The summed E-state index contributed by atoms with van der Waals surface area (Å²) in [7, 11) is 3.36. The molecule has 0 aliphatic heterocycles. The van der Waals surface area contributed by atoms with Crippen molar-refractivity contribution < 1.29 is 4.79 Å². The smallest absolute Gasteiger partial charge is 0.272 e. The van der Waals surface area contributed by atoms with E-state index >= 15 is 0 Å². The molecule has 14 heavy (non-hydrogen) atoms. The molecular weight excluding hydrogens is 246 g/mol. The second-order valence-corrected chi connectivity index (χ2v) is 4.07. The van der Waals surface area contributed by atoms with E-state index in [1.54, 1.807) is 20.2 Å². The van der Waals surface area contributed by atoms with Gasteiger partial charge in [-0.15, -0.1) is 0 Å². The van der Waals surface area contributed by atoms with Crippen LogP contribution in [0.25, 0.3) is 0 Å². The molecule has 0 bridgehead atoms. The number of aryl methyl sites for hydroxylation is 1. The zero-order valence-corrected chi connectivity index (χ0v) is 9.92. The minimum absolute atomic E-state index is 0.137. The van der Waals surface area contributed by atoms with E-state index in [2.05, 4.69) is 20.9 Å². The van der Waals surface area contributed by atoms with Crippen LogP contribution in [0.3, 0.4) is 0 Å². The molecule has 4 nitrogen and oxygen atoms in total. The standard InChI is InChI=1S/C9H12BrN3O/c1-5-4-6(10)8(11)12-7(5)9(14)13(2)3/h4H,1-3H3,(H2,11,12). The van der Waals surface area contributed by atoms with Gasteiger partial charge in [0.25, 0.3) is 5.91 Å². The third-order valence-corrected chi connectivity index (χ3v) is 2.44. The van der Waals surface area contributed by atoms with E-state index in [4.69, 9.17) is 5.73 Å². The van der Waals surface area contributed by atoms with Gasteiger partial charge in [-0.25, -0.2) is 4.98 Å². The van der Waals surface area contributed by atoms with E-state index in [9.17, 15) is 4.79 Å². The van der Waals surface area contributed by atoms with Crippen molar-refractivity contribution in [3.8, 4) is 0 Å². The highest BCUT2D eigenvalue weighted by Gasteiger charge is 2.14. The fourth-order valence-electron chi connectivity index (χ4n) is 1.02. The van der Waals surface area contributed by atoms with Crippen molar-refractivity contribution in [3.63, 3.8) is 0 Å². The van der Waals surface area contributed by atoms with Gasteiger partial charge in [0.1, 0.15) is 11.5 Å². The Bertz CT molecular complexity index is 377. The molecule has 0 spiro atoms. The molecule has 5 heteroatoms. The van der Waals surface area contributed by atoms with E-state index in [-0.39, 0.29) is 5.91 Å². The molecule has 2 N–H and O–H groups in total. The monoisotopic (exact) mass is 257 g/mol. The maximum absolute atomic E-state index is 11.6. The lowest BCUT2D eigenvalue weighted by Gasteiger charge is -2.12. The molecule has 0 fully saturated rings. The number of nitrogens with zero attached hydrogens (tertiary/aromatic N) is 2. The van der Waals surface area contributed by atoms with Crippen molar-refractivity contribution in [1.29, 1.82) is 0 Å². The van der Waals surface area contributed by atoms with Gasteiger partial charge < -0.3 is 10.6 Å². The highest BCUT2D eigenvalue weighted by molar-refractivity contribution is 9.10. The summed E-state index contributed by atoms with van der Waals surface area (Å²) >= 11 is 3.25. The molecule has 0 aliphatic rings. The molecule has 0 aliphatic carbocycles. The number of pyridine rings is 1. The number of nitrogen functional groups attached to an aromatic ring is 1. The molecule has 76 valence electrons. The van der Waals surface area contributed by atoms with Crippen molar-refractivity contribution in [2.75, 3.05) is 19.8 Å². The van der Waals surface area contributed by atoms with Gasteiger partial charge >= 0.3 is 0 Å². The molecule has 0 atom stereocenters. The summed E-state index contributed by atoms with van der Waals surface area (Å²) in [6.45, 7) is 1.83. The molecule has 1 amide bonds. The van der Waals surface area contributed by atoms with Crippen LogP contribution >= 0.6 is 15.9 Å². The number of amides is 1. The van der Waals surface area contributed by atoms with Gasteiger partial charge in [-0.05, 0) is 34.5 Å². The number of aromatic nitrogens is 1. The van der Waals surface area contributed by atoms with E-state index in [1.165, 1.54) is 4.90 Å². The average molecular weight is 258 g/mol. The Morgan fingerprint density at radius 3 is 2.64 bits per heavy atom. The summed E-state index contributed by atoms with van der Waals surface area (Å²) in [6.07, 6.45) is 0. The van der Waals surface area contributed by atoms with Crippen LogP contribution in [-0.2, 0) is 0 Å². The van der Waals surface area contributed by atoms with Crippen LogP contribution < -0.4 is 5.73 Å². The third-order valence-electron chi connectivity index (χ3n) is 1.80.